The Hall–Kier alpha value is -3.78. The first-order valence-corrected chi connectivity index (χ1v) is 11.3. The number of amides is 2. The fourth-order valence-electron chi connectivity index (χ4n) is 4.20. The van der Waals surface area contributed by atoms with Crippen LogP contribution in [0.2, 0.25) is 0 Å². The second kappa shape index (κ2) is 9.61. The zero-order chi connectivity index (χ0) is 24.4. The third-order valence-corrected chi connectivity index (χ3v) is 6.11. The Kier molecular flexibility index (Phi) is 6.61. The van der Waals surface area contributed by atoms with Gasteiger partial charge in [-0.2, -0.15) is 0 Å². The van der Waals surface area contributed by atoms with Crippen LogP contribution in [-0.2, 0) is 22.5 Å². The maximum absolute atomic E-state index is 13.4. The zero-order valence-electron chi connectivity index (χ0n) is 19.5. The van der Waals surface area contributed by atoms with Gasteiger partial charge in [-0.05, 0) is 39.0 Å². The van der Waals surface area contributed by atoms with Gasteiger partial charge in [-0.25, -0.2) is 4.79 Å². The summed E-state index contributed by atoms with van der Waals surface area (Å²) in [5, 5.41) is 3.33. The monoisotopic (exact) mass is 460 g/mol. The molecule has 1 aliphatic rings. The molecular weight excluding hydrogens is 432 g/mol. The highest BCUT2D eigenvalue weighted by atomic mass is 16.5. The van der Waals surface area contributed by atoms with Gasteiger partial charge < -0.3 is 15.8 Å². The fourth-order valence-corrected chi connectivity index (χ4v) is 4.20. The second-order valence-corrected chi connectivity index (χ2v) is 8.69. The Bertz CT molecular complexity index is 1270. The first-order chi connectivity index (χ1) is 16.3. The Balaban J connectivity index is 1.62. The number of hydrogen-bond acceptors (Lipinski definition) is 6. The lowest BCUT2D eigenvalue weighted by atomic mass is 9.95. The van der Waals surface area contributed by atoms with E-state index in [0.717, 1.165) is 29.7 Å². The molecule has 2 amide bonds. The first kappa shape index (κ1) is 23.4. The summed E-state index contributed by atoms with van der Waals surface area (Å²) in [6.45, 7) is 7.18. The molecule has 0 bridgehead atoms. The van der Waals surface area contributed by atoms with Gasteiger partial charge >= 0.3 is 5.97 Å². The molecule has 8 nitrogen and oxygen atoms in total. The van der Waals surface area contributed by atoms with Gasteiger partial charge in [0, 0.05) is 42.2 Å². The summed E-state index contributed by atoms with van der Waals surface area (Å²) < 4.78 is 5.63. The number of nitrogens with two attached hydrogens (primary N) is 1. The topological polar surface area (TPSA) is 115 Å². The highest BCUT2D eigenvalue weighted by Crippen LogP contribution is 2.30. The van der Waals surface area contributed by atoms with Crippen molar-refractivity contribution < 1.29 is 19.1 Å². The summed E-state index contributed by atoms with van der Waals surface area (Å²) in [4.78, 5) is 44.9. The van der Waals surface area contributed by atoms with Crippen molar-refractivity contribution in [2.24, 2.45) is 5.73 Å². The van der Waals surface area contributed by atoms with Crippen LogP contribution in [0.3, 0.4) is 0 Å². The van der Waals surface area contributed by atoms with E-state index in [1.54, 1.807) is 18.2 Å². The molecule has 2 aromatic carbocycles. The van der Waals surface area contributed by atoms with Gasteiger partial charge in [-0.3, -0.25) is 19.5 Å². The van der Waals surface area contributed by atoms with Crippen molar-refractivity contribution >= 4 is 34.4 Å². The lowest BCUT2D eigenvalue weighted by Crippen LogP contribution is -2.38. The van der Waals surface area contributed by atoms with Crippen LogP contribution in [0.4, 0.5) is 5.69 Å². The van der Waals surface area contributed by atoms with E-state index in [1.165, 1.54) is 13.0 Å². The molecule has 1 unspecified atom stereocenters. The number of aromatic nitrogens is 1. The van der Waals surface area contributed by atoms with Crippen molar-refractivity contribution in [2.45, 2.75) is 45.9 Å². The number of hydrogen-bond donors (Lipinski definition) is 2. The summed E-state index contributed by atoms with van der Waals surface area (Å²) in [5.74, 6) is -1.80. The molecule has 34 heavy (non-hydrogen) atoms. The molecule has 3 aromatic rings. The Morgan fingerprint density at radius 2 is 1.76 bits per heavy atom. The lowest BCUT2D eigenvalue weighted by Gasteiger charge is -2.32. The fraction of sp³-hybridized carbons (Fsp3) is 0.308. The van der Waals surface area contributed by atoms with Crippen molar-refractivity contribution in [2.75, 3.05) is 11.9 Å². The van der Waals surface area contributed by atoms with E-state index in [0.29, 0.717) is 23.5 Å². The van der Waals surface area contributed by atoms with Crippen LogP contribution in [0.25, 0.3) is 10.9 Å². The third kappa shape index (κ3) is 4.63. The van der Waals surface area contributed by atoms with Crippen LogP contribution in [0.15, 0.2) is 48.5 Å². The molecule has 3 N–H and O–H groups in total. The summed E-state index contributed by atoms with van der Waals surface area (Å²) in [7, 11) is 0. The number of esters is 1. The van der Waals surface area contributed by atoms with E-state index in [9.17, 15) is 14.4 Å². The molecular formula is C26H28N4O4. The predicted molar refractivity (Wildman–Crippen MR) is 129 cm³/mol. The number of carbonyl (C=O) groups is 3. The largest absolute Gasteiger partial charge is 0.449 e. The molecule has 0 fully saturated rings. The van der Waals surface area contributed by atoms with Gasteiger partial charge in [0.25, 0.3) is 11.8 Å². The normalized spacial score (nSPS) is 14.5. The van der Waals surface area contributed by atoms with Crippen LogP contribution in [-0.4, -0.2) is 46.4 Å². The Morgan fingerprint density at radius 1 is 1.06 bits per heavy atom. The average Bonchev–Trinajstić information content (AvgIpc) is 2.82. The van der Waals surface area contributed by atoms with Crippen LogP contribution in [0.5, 0.6) is 0 Å². The maximum atomic E-state index is 13.4. The number of nitrogens with one attached hydrogen (secondary N) is 1. The molecule has 4 rings (SSSR count). The minimum absolute atomic E-state index is 0.178. The van der Waals surface area contributed by atoms with Crippen molar-refractivity contribution in [1.29, 1.82) is 0 Å². The van der Waals surface area contributed by atoms with E-state index >= 15 is 0 Å². The second-order valence-electron chi connectivity index (χ2n) is 8.69. The highest BCUT2D eigenvalue weighted by Gasteiger charge is 2.29. The minimum Gasteiger partial charge on any atom is -0.449 e. The van der Waals surface area contributed by atoms with Gasteiger partial charge in [-0.1, -0.05) is 30.3 Å². The quantitative estimate of drug-likeness (QED) is 0.546. The number of fused-ring (bicyclic) bond motifs is 2. The number of benzene rings is 2. The summed E-state index contributed by atoms with van der Waals surface area (Å²) in [5.41, 5.74) is 8.73. The maximum Gasteiger partial charge on any atom is 0.339 e. The SMILES string of the molecule is CC(OC(=O)c1c2c(nc3ccccc13)CCN(C(C)C)C2)C(=O)Nc1ccccc1C(N)=O. The number of pyridine rings is 1. The molecule has 0 spiro atoms. The highest BCUT2D eigenvalue weighted by molar-refractivity contribution is 6.07. The molecule has 2 heterocycles. The summed E-state index contributed by atoms with van der Waals surface area (Å²) >= 11 is 0. The number of nitrogens with zero attached hydrogens (tertiary/aromatic N) is 2. The number of rotatable bonds is 6. The molecule has 1 atom stereocenters. The van der Waals surface area contributed by atoms with E-state index in [2.05, 4.69) is 24.1 Å². The van der Waals surface area contributed by atoms with Gasteiger partial charge in [0.15, 0.2) is 6.10 Å². The Morgan fingerprint density at radius 3 is 2.50 bits per heavy atom. The van der Waals surface area contributed by atoms with Crippen molar-refractivity contribution in [3.8, 4) is 0 Å². The van der Waals surface area contributed by atoms with Crippen LogP contribution in [0.1, 0.15) is 52.7 Å². The third-order valence-electron chi connectivity index (χ3n) is 6.11. The van der Waals surface area contributed by atoms with Crippen LogP contribution in [0, 0.1) is 0 Å². The average molecular weight is 461 g/mol. The van der Waals surface area contributed by atoms with E-state index in [-0.39, 0.29) is 11.3 Å². The van der Waals surface area contributed by atoms with Gasteiger partial charge in [0.2, 0.25) is 0 Å². The first-order valence-electron chi connectivity index (χ1n) is 11.3. The standard InChI is InChI=1S/C26H28N4O4/c1-15(2)30-13-12-22-19(14-30)23(17-8-4-6-10-20(17)28-22)26(33)34-16(3)25(32)29-21-11-7-5-9-18(21)24(27)31/h4-11,15-16H,12-14H2,1-3H3,(H2,27,31)(H,29,32). The molecule has 8 heteroatoms. The predicted octanol–water partition coefficient (Wildman–Crippen LogP) is 3.28. The number of para-hydroxylation sites is 2. The summed E-state index contributed by atoms with van der Waals surface area (Å²) in [6.07, 6.45) is -0.362. The number of primary amides is 1. The van der Waals surface area contributed by atoms with E-state index in [1.807, 2.05) is 24.3 Å². The Labute approximate surface area is 198 Å². The van der Waals surface area contributed by atoms with E-state index < -0.39 is 23.9 Å². The van der Waals surface area contributed by atoms with Crippen molar-refractivity contribution in [3.63, 3.8) is 0 Å². The van der Waals surface area contributed by atoms with Crippen LogP contribution < -0.4 is 11.1 Å². The van der Waals surface area contributed by atoms with Gasteiger partial charge in [0.05, 0.1) is 22.3 Å². The zero-order valence-corrected chi connectivity index (χ0v) is 19.5. The van der Waals surface area contributed by atoms with Gasteiger partial charge in [-0.15, -0.1) is 0 Å². The lowest BCUT2D eigenvalue weighted by molar-refractivity contribution is -0.123. The van der Waals surface area contributed by atoms with Crippen LogP contribution >= 0.6 is 0 Å². The van der Waals surface area contributed by atoms with Gasteiger partial charge in [0.1, 0.15) is 0 Å². The minimum atomic E-state index is -1.10. The molecule has 1 aliphatic heterocycles. The smallest absolute Gasteiger partial charge is 0.339 e. The summed E-state index contributed by atoms with van der Waals surface area (Å²) in [6, 6.07) is 14.2. The molecule has 0 radical (unpaired) electrons. The molecule has 0 saturated carbocycles. The molecule has 0 saturated heterocycles. The molecule has 0 aliphatic carbocycles. The van der Waals surface area contributed by atoms with E-state index in [4.69, 9.17) is 15.5 Å². The van der Waals surface area contributed by atoms with Crippen molar-refractivity contribution in [3.05, 3.63) is 70.9 Å². The molecule has 176 valence electrons. The number of carbonyl (C=O) groups excluding carboxylic acids is 3. The number of anilines is 1. The number of ether oxygens (including phenoxy) is 1. The molecule has 1 aromatic heterocycles. The van der Waals surface area contributed by atoms with Crippen molar-refractivity contribution in [1.82, 2.24) is 9.88 Å².